The Morgan fingerprint density at radius 3 is 2.39 bits per heavy atom. The van der Waals surface area contributed by atoms with E-state index in [0.717, 1.165) is 16.1 Å². The van der Waals surface area contributed by atoms with Crippen LogP contribution in [0, 0.1) is 10.1 Å². The number of non-ortho nitro benzene ring substituents is 1. The molecule has 0 atom stereocenters. The highest BCUT2D eigenvalue weighted by Crippen LogP contribution is 2.23. The molecule has 0 aliphatic heterocycles. The topological polar surface area (TPSA) is 101 Å². The number of hydrogen-bond acceptors (Lipinski definition) is 5. The van der Waals surface area contributed by atoms with Crippen LogP contribution >= 0.6 is 0 Å². The molecular formula is C19H23N3O5S. The third-order valence-electron chi connectivity index (χ3n) is 4.17. The van der Waals surface area contributed by atoms with Gasteiger partial charge in [0.1, 0.15) is 0 Å². The molecule has 2 rings (SSSR count). The Balaban J connectivity index is 2.00. The molecule has 9 heteroatoms. The molecule has 0 spiro atoms. The summed E-state index contributed by atoms with van der Waals surface area (Å²) >= 11 is 0. The highest BCUT2D eigenvalue weighted by Gasteiger charge is 2.20. The van der Waals surface area contributed by atoms with Crippen LogP contribution in [-0.2, 0) is 21.4 Å². The van der Waals surface area contributed by atoms with Crippen LogP contribution in [0.5, 0.6) is 0 Å². The molecule has 8 nitrogen and oxygen atoms in total. The number of amides is 1. The summed E-state index contributed by atoms with van der Waals surface area (Å²) in [7, 11) is -1.94. The molecule has 150 valence electrons. The van der Waals surface area contributed by atoms with Crippen LogP contribution in [0.15, 0.2) is 54.6 Å². The summed E-state index contributed by atoms with van der Waals surface area (Å²) < 4.78 is 25.3. The minimum Gasteiger partial charge on any atom is -0.341 e. The van der Waals surface area contributed by atoms with E-state index in [9.17, 15) is 23.3 Å². The summed E-state index contributed by atoms with van der Waals surface area (Å²) in [6.45, 7) is 0.533. The molecule has 0 aromatic heterocycles. The van der Waals surface area contributed by atoms with Gasteiger partial charge in [0.15, 0.2) is 0 Å². The van der Waals surface area contributed by atoms with Gasteiger partial charge in [-0.25, -0.2) is 8.42 Å². The molecule has 2 aromatic rings. The molecule has 0 N–H and O–H groups in total. The van der Waals surface area contributed by atoms with E-state index in [0.29, 0.717) is 13.0 Å². The Morgan fingerprint density at radius 1 is 1.11 bits per heavy atom. The van der Waals surface area contributed by atoms with E-state index < -0.39 is 14.9 Å². The number of hydrogen-bond donors (Lipinski definition) is 0. The predicted molar refractivity (Wildman–Crippen MR) is 107 cm³/mol. The summed E-state index contributed by atoms with van der Waals surface area (Å²) in [5.41, 5.74) is 1.03. The van der Waals surface area contributed by atoms with Gasteiger partial charge in [-0.1, -0.05) is 36.4 Å². The number of nitrogens with zero attached hydrogens (tertiary/aromatic N) is 3. The Kier molecular flexibility index (Phi) is 7.11. The summed E-state index contributed by atoms with van der Waals surface area (Å²) in [6.07, 6.45) is 1.51. The lowest BCUT2D eigenvalue weighted by atomic mass is 10.2. The minimum absolute atomic E-state index is 0.0604. The summed E-state index contributed by atoms with van der Waals surface area (Å²) in [6, 6.07) is 15.0. The lowest BCUT2D eigenvalue weighted by molar-refractivity contribution is -0.384. The zero-order valence-corrected chi connectivity index (χ0v) is 16.6. The first-order valence-corrected chi connectivity index (χ1v) is 10.5. The molecule has 0 aliphatic carbocycles. The smallest absolute Gasteiger partial charge is 0.271 e. The molecule has 0 fully saturated rings. The average molecular weight is 405 g/mol. The monoisotopic (exact) mass is 405 g/mol. The fourth-order valence-electron chi connectivity index (χ4n) is 2.76. The summed E-state index contributed by atoms with van der Waals surface area (Å²) in [4.78, 5) is 24.3. The van der Waals surface area contributed by atoms with Crippen molar-refractivity contribution in [1.82, 2.24) is 4.90 Å². The number of carbonyl (C=O) groups is 1. The molecule has 0 radical (unpaired) electrons. The van der Waals surface area contributed by atoms with E-state index in [1.165, 1.54) is 24.3 Å². The zero-order chi connectivity index (χ0) is 20.7. The van der Waals surface area contributed by atoms with Gasteiger partial charge < -0.3 is 4.90 Å². The van der Waals surface area contributed by atoms with Gasteiger partial charge in [-0.05, 0) is 18.1 Å². The van der Waals surface area contributed by atoms with Crippen molar-refractivity contribution < 1.29 is 18.1 Å². The number of sulfonamides is 1. The largest absolute Gasteiger partial charge is 0.341 e. The van der Waals surface area contributed by atoms with Gasteiger partial charge >= 0.3 is 0 Å². The molecule has 28 heavy (non-hydrogen) atoms. The Morgan fingerprint density at radius 2 is 1.79 bits per heavy atom. The third-order valence-corrected chi connectivity index (χ3v) is 5.36. The molecule has 0 unspecified atom stereocenters. The van der Waals surface area contributed by atoms with E-state index in [4.69, 9.17) is 0 Å². The van der Waals surface area contributed by atoms with Gasteiger partial charge in [-0.15, -0.1) is 0 Å². The molecule has 0 aliphatic rings. The van der Waals surface area contributed by atoms with Crippen molar-refractivity contribution in [2.24, 2.45) is 0 Å². The van der Waals surface area contributed by atoms with E-state index >= 15 is 0 Å². The Hall–Kier alpha value is -2.94. The number of rotatable bonds is 9. The second-order valence-electron chi connectivity index (χ2n) is 6.45. The molecule has 0 saturated carbocycles. The highest BCUT2D eigenvalue weighted by molar-refractivity contribution is 7.92. The number of anilines is 1. The average Bonchev–Trinajstić information content (AvgIpc) is 2.64. The Labute approximate surface area is 164 Å². The van der Waals surface area contributed by atoms with Crippen molar-refractivity contribution in [3.8, 4) is 0 Å². The summed E-state index contributed by atoms with van der Waals surface area (Å²) in [5.74, 6) is -0.101. The SMILES string of the molecule is CN(Cc1ccccc1)C(=O)CCCN(c1cccc([N+](=O)[O-])c1)S(C)(=O)=O. The maximum Gasteiger partial charge on any atom is 0.271 e. The summed E-state index contributed by atoms with van der Waals surface area (Å²) in [5, 5.41) is 10.9. The fraction of sp³-hybridized carbons (Fsp3) is 0.316. The second-order valence-corrected chi connectivity index (χ2v) is 8.36. The van der Waals surface area contributed by atoms with Crippen molar-refractivity contribution in [2.75, 3.05) is 24.2 Å². The van der Waals surface area contributed by atoms with Crippen molar-refractivity contribution in [3.05, 3.63) is 70.3 Å². The van der Waals surface area contributed by atoms with Gasteiger partial charge in [0.25, 0.3) is 5.69 Å². The molecule has 2 aromatic carbocycles. The number of carbonyl (C=O) groups excluding carboxylic acids is 1. The Bertz CT molecular complexity index is 932. The van der Waals surface area contributed by atoms with Gasteiger partial charge in [0.05, 0.1) is 16.9 Å². The standard InChI is InChI=1S/C19H23N3O5S/c1-20(15-16-8-4-3-5-9-16)19(23)12-7-13-21(28(2,26)27)17-10-6-11-18(14-17)22(24)25/h3-6,8-11,14H,7,12-13,15H2,1-2H3. The van der Waals surface area contributed by atoms with Gasteiger partial charge in [-0.3, -0.25) is 19.2 Å². The van der Waals surface area contributed by atoms with E-state index in [1.807, 2.05) is 30.3 Å². The van der Waals surface area contributed by atoms with Crippen molar-refractivity contribution in [1.29, 1.82) is 0 Å². The van der Waals surface area contributed by atoms with E-state index in [-0.39, 0.29) is 30.2 Å². The van der Waals surface area contributed by atoms with Crippen molar-refractivity contribution in [3.63, 3.8) is 0 Å². The first-order chi connectivity index (χ1) is 13.2. The van der Waals surface area contributed by atoms with Crippen LogP contribution in [0.1, 0.15) is 18.4 Å². The minimum atomic E-state index is -3.64. The van der Waals surface area contributed by atoms with E-state index in [1.54, 1.807) is 11.9 Å². The first kappa shape index (κ1) is 21.4. The second kappa shape index (κ2) is 9.32. The van der Waals surface area contributed by atoms with Gasteiger partial charge in [0.2, 0.25) is 15.9 Å². The number of nitro groups is 1. The van der Waals surface area contributed by atoms with E-state index in [2.05, 4.69) is 0 Å². The molecular weight excluding hydrogens is 382 g/mol. The van der Waals surface area contributed by atoms with Crippen LogP contribution in [-0.4, -0.2) is 44.0 Å². The number of benzene rings is 2. The van der Waals surface area contributed by atoms with Crippen LogP contribution in [0.25, 0.3) is 0 Å². The lowest BCUT2D eigenvalue weighted by Gasteiger charge is -2.23. The van der Waals surface area contributed by atoms with Crippen molar-refractivity contribution >= 4 is 27.3 Å². The normalized spacial score (nSPS) is 11.1. The molecule has 0 bridgehead atoms. The fourth-order valence-corrected chi connectivity index (χ4v) is 3.72. The highest BCUT2D eigenvalue weighted by atomic mass is 32.2. The molecule has 0 saturated heterocycles. The van der Waals surface area contributed by atoms with Gasteiger partial charge in [0, 0.05) is 38.7 Å². The van der Waals surface area contributed by atoms with Crippen LogP contribution in [0.3, 0.4) is 0 Å². The predicted octanol–water partition coefficient (Wildman–Crippen LogP) is 2.80. The maximum absolute atomic E-state index is 12.3. The van der Waals surface area contributed by atoms with Crippen molar-refractivity contribution in [2.45, 2.75) is 19.4 Å². The molecule has 1 amide bonds. The lowest BCUT2D eigenvalue weighted by Crippen LogP contribution is -2.32. The van der Waals surface area contributed by atoms with Crippen LogP contribution < -0.4 is 4.31 Å². The third kappa shape index (κ3) is 6.05. The molecule has 0 heterocycles. The van der Waals surface area contributed by atoms with Gasteiger partial charge in [-0.2, -0.15) is 0 Å². The van der Waals surface area contributed by atoms with Crippen LogP contribution in [0.4, 0.5) is 11.4 Å². The maximum atomic E-state index is 12.3. The van der Waals surface area contributed by atoms with Crippen LogP contribution in [0.2, 0.25) is 0 Å². The quantitative estimate of drug-likeness (QED) is 0.472. The zero-order valence-electron chi connectivity index (χ0n) is 15.8. The number of nitro benzene ring substituents is 1. The first-order valence-electron chi connectivity index (χ1n) is 8.68.